The molecular weight excluding hydrogens is 278 g/mol. The molecule has 6 heteroatoms. The van der Waals surface area contributed by atoms with Crippen LogP contribution < -0.4 is 0 Å². The van der Waals surface area contributed by atoms with Gasteiger partial charge >= 0.3 is 0 Å². The van der Waals surface area contributed by atoms with Crippen LogP contribution in [0.4, 0.5) is 8.78 Å². The minimum atomic E-state index is -2.50. The number of hydrogen-bond acceptors (Lipinski definition) is 2. The van der Waals surface area contributed by atoms with Crippen molar-refractivity contribution in [2.24, 2.45) is 0 Å². The zero-order valence-corrected chi connectivity index (χ0v) is 12.0. The van der Waals surface area contributed by atoms with Crippen molar-refractivity contribution in [1.82, 2.24) is 9.47 Å². The average molecular weight is 300 g/mol. The normalized spacial score (nSPS) is 16.4. The largest absolute Gasteiger partial charge is 0.395 e. The summed E-state index contributed by atoms with van der Waals surface area (Å²) in [6, 6.07) is 3.28. The third-order valence-electron chi connectivity index (χ3n) is 4.00. The fraction of sp³-hybridized carbons (Fsp3) is 0.667. The molecule has 4 nitrogen and oxygen atoms in total. The Morgan fingerprint density at radius 3 is 2.71 bits per heavy atom. The Balaban J connectivity index is 2.15. The van der Waals surface area contributed by atoms with Crippen LogP contribution in [0.3, 0.4) is 0 Å². The monoisotopic (exact) mass is 300 g/mol. The van der Waals surface area contributed by atoms with Gasteiger partial charge in [0.25, 0.3) is 12.3 Å². The molecule has 21 heavy (non-hydrogen) atoms. The van der Waals surface area contributed by atoms with Gasteiger partial charge in [-0.15, -0.1) is 0 Å². The molecule has 1 heterocycles. The van der Waals surface area contributed by atoms with Gasteiger partial charge in [0.1, 0.15) is 5.69 Å². The minimum Gasteiger partial charge on any atom is -0.395 e. The van der Waals surface area contributed by atoms with Gasteiger partial charge in [0.15, 0.2) is 0 Å². The SMILES string of the molecule is O=C(c1cccn1CC(F)F)N(CCO)C1CCCCC1. The van der Waals surface area contributed by atoms with Crippen LogP contribution in [0.15, 0.2) is 18.3 Å². The van der Waals surface area contributed by atoms with E-state index in [1.807, 2.05) is 0 Å². The third-order valence-corrected chi connectivity index (χ3v) is 4.00. The lowest BCUT2D eigenvalue weighted by Gasteiger charge is -2.34. The van der Waals surface area contributed by atoms with E-state index in [0.717, 1.165) is 25.7 Å². The van der Waals surface area contributed by atoms with Crippen molar-refractivity contribution in [3.8, 4) is 0 Å². The van der Waals surface area contributed by atoms with Crippen molar-refractivity contribution in [1.29, 1.82) is 0 Å². The molecule has 0 atom stereocenters. The van der Waals surface area contributed by atoms with E-state index in [-0.39, 0.29) is 30.8 Å². The standard InChI is InChI=1S/C15H22F2N2O2/c16-14(17)11-18-8-4-7-13(18)15(21)19(9-10-20)12-5-2-1-3-6-12/h4,7-8,12,14,20H,1-3,5-6,9-11H2. The highest BCUT2D eigenvalue weighted by molar-refractivity contribution is 5.93. The van der Waals surface area contributed by atoms with Crippen LogP contribution >= 0.6 is 0 Å². The molecule has 0 radical (unpaired) electrons. The number of rotatable bonds is 6. The highest BCUT2D eigenvalue weighted by Gasteiger charge is 2.27. The first-order valence-corrected chi connectivity index (χ1v) is 7.48. The van der Waals surface area contributed by atoms with E-state index in [2.05, 4.69) is 0 Å². The Morgan fingerprint density at radius 2 is 2.10 bits per heavy atom. The Morgan fingerprint density at radius 1 is 1.38 bits per heavy atom. The summed E-state index contributed by atoms with van der Waals surface area (Å²) < 4.78 is 26.4. The fourth-order valence-electron chi connectivity index (χ4n) is 3.01. The number of carbonyl (C=O) groups is 1. The van der Waals surface area contributed by atoms with Crippen LogP contribution in [-0.4, -0.2) is 46.1 Å². The Labute approximate surface area is 123 Å². The van der Waals surface area contributed by atoms with Crippen molar-refractivity contribution in [2.75, 3.05) is 13.2 Å². The molecular formula is C15H22F2N2O2. The number of aliphatic hydroxyl groups is 1. The van der Waals surface area contributed by atoms with E-state index in [9.17, 15) is 18.7 Å². The first-order valence-electron chi connectivity index (χ1n) is 7.48. The first kappa shape index (κ1) is 15.9. The maximum Gasteiger partial charge on any atom is 0.270 e. The Bertz CT molecular complexity index is 456. The molecule has 0 saturated heterocycles. The molecule has 0 bridgehead atoms. The average Bonchev–Trinajstić information content (AvgIpc) is 2.92. The number of hydrogen-bond donors (Lipinski definition) is 1. The second kappa shape index (κ2) is 7.54. The lowest BCUT2D eigenvalue weighted by atomic mass is 9.94. The van der Waals surface area contributed by atoms with Crippen LogP contribution in [0.5, 0.6) is 0 Å². The van der Waals surface area contributed by atoms with Crippen molar-refractivity contribution in [3.63, 3.8) is 0 Å². The molecule has 0 aromatic carbocycles. The van der Waals surface area contributed by atoms with Gasteiger partial charge in [-0.2, -0.15) is 0 Å². The van der Waals surface area contributed by atoms with Gasteiger partial charge in [-0.1, -0.05) is 19.3 Å². The van der Waals surface area contributed by atoms with E-state index < -0.39 is 13.0 Å². The van der Waals surface area contributed by atoms with Gasteiger partial charge in [-0.3, -0.25) is 4.79 Å². The predicted octanol–water partition coefficient (Wildman–Crippen LogP) is 2.52. The maximum atomic E-state index is 12.6. The lowest BCUT2D eigenvalue weighted by Crippen LogP contribution is -2.43. The van der Waals surface area contributed by atoms with Gasteiger partial charge in [0.2, 0.25) is 0 Å². The van der Waals surface area contributed by atoms with Crippen LogP contribution in [-0.2, 0) is 6.54 Å². The van der Waals surface area contributed by atoms with E-state index in [0.29, 0.717) is 0 Å². The Hall–Kier alpha value is -1.43. The highest BCUT2D eigenvalue weighted by Crippen LogP contribution is 2.24. The Kier molecular flexibility index (Phi) is 5.73. The zero-order chi connectivity index (χ0) is 15.2. The maximum absolute atomic E-state index is 12.6. The number of carbonyl (C=O) groups excluding carboxylic acids is 1. The summed E-state index contributed by atoms with van der Waals surface area (Å²) in [5.41, 5.74) is 0.273. The lowest BCUT2D eigenvalue weighted by molar-refractivity contribution is 0.0567. The summed E-state index contributed by atoms with van der Waals surface area (Å²) in [4.78, 5) is 14.3. The van der Waals surface area contributed by atoms with Crippen molar-refractivity contribution in [3.05, 3.63) is 24.0 Å². The molecule has 1 aliphatic rings. The molecule has 1 saturated carbocycles. The molecule has 1 fully saturated rings. The van der Waals surface area contributed by atoms with Crippen LogP contribution in [0.2, 0.25) is 0 Å². The van der Waals surface area contributed by atoms with Gasteiger partial charge in [-0.25, -0.2) is 8.78 Å². The van der Waals surface area contributed by atoms with Gasteiger partial charge in [0, 0.05) is 18.8 Å². The fourth-order valence-corrected chi connectivity index (χ4v) is 3.01. The van der Waals surface area contributed by atoms with Crippen LogP contribution in [0, 0.1) is 0 Å². The first-order chi connectivity index (χ1) is 10.1. The summed E-state index contributed by atoms with van der Waals surface area (Å²) in [5.74, 6) is -0.262. The molecule has 1 aliphatic carbocycles. The second-order valence-electron chi connectivity index (χ2n) is 5.45. The predicted molar refractivity (Wildman–Crippen MR) is 75.4 cm³/mol. The molecule has 0 unspecified atom stereocenters. The number of amides is 1. The topological polar surface area (TPSA) is 45.5 Å². The molecule has 118 valence electrons. The van der Waals surface area contributed by atoms with Crippen LogP contribution in [0.25, 0.3) is 0 Å². The van der Waals surface area contributed by atoms with Crippen LogP contribution in [0.1, 0.15) is 42.6 Å². The number of aromatic nitrogens is 1. The summed E-state index contributed by atoms with van der Waals surface area (Å²) in [6.07, 6.45) is 4.14. The molecule has 1 amide bonds. The molecule has 1 aromatic heterocycles. The summed E-state index contributed by atoms with van der Waals surface area (Å²) in [5, 5.41) is 9.21. The molecule has 0 aliphatic heterocycles. The summed E-state index contributed by atoms with van der Waals surface area (Å²) in [6.45, 7) is -0.340. The number of alkyl halides is 2. The van der Waals surface area contributed by atoms with E-state index in [1.165, 1.54) is 17.2 Å². The smallest absolute Gasteiger partial charge is 0.270 e. The number of halogens is 2. The summed E-state index contributed by atoms with van der Waals surface area (Å²) in [7, 11) is 0. The minimum absolute atomic E-state index is 0.105. The number of nitrogens with zero attached hydrogens (tertiary/aromatic N) is 2. The van der Waals surface area contributed by atoms with Crippen molar-refractivity contribution < 1.29 is 18.7 Å². The molecule has 0 spiro atoms. The van der Waals surface area contributed by atoms with E-state index in [4.69, 9.17) is 0 Å². The van der Waals surface area contributed by atoms with Gasteiger partial charge in [0.05, 0.1) is 13.2 Å². The van der Waals surface area contributed by atoms with Gasteiger partial charge < -0.3 is 14.6 Å². The molecule has 1 N–H and O–H groups in total. The van der Waals surface area contributed by atoms with E-state index >= 15 is 0 Å². The zero-order valence-electron chi connectivity index (χ0n) is 12.0. The van der Waals surface area contributed by atoms with Crippen molar-refractivity contribution >= 4 is 5.91 Å². The second-order valence-corrected chi connectivity index (χ2v) is 5.45. The third kappa shape index (κ3) is 4.03. The quantitative estimate of drug-likeness (QED) is 0.877. The van der Waals surface area contributed by atoms with E-state index in [1.54, 1.807) is 17.0 Å². The molecule has 2 rings (SSSR count). The van der Waals surface area contributed by atoms with Gasteiger partial charge in [-0.05, 0) is 25.0 Å². The van der Waals surface area contributed by atoms with Crippen molar-refractivity contribution in [2.45, 2.75) is 51.1 Å². The number of aliphatic hydroxyl groups excluding tert-OH is 1. The highest BCUT2D eigenvalue weighted by atomic mass is 19.3. The summed E-state index contributed by atoms with van der Waals surface area (Å²) >= 11 is 0. The molecule has 1 aromatic rings.